The van der Waals surface area contributed by atoms with Crippen LogP contribution in [-0.2, 0) is 0 Å². The van der Waals surface area contributed by atoms with Gasteiger partial charge < -0.3 is 10.1 Å². The first-order valence-corrected chi connectivity index (χ1v) is 4.98. The van der Waals surface area contributed by atoms with Gasteiger partial charge in [0.25, 0.3) is 0 Å². The highest BCUT2D eigenvalue weighted by Crippen LogP contribution is 2.28. The quantitative estimate of drug-likeness (QED) is 0.802. The highest BCUT2D eigenvalue weighted by molar-refractivity contribution is 5.75. The van der Waals surface area contributed by atoms with E-state index in [1.165, 1.54) is 12.1 Å². The minimum atomic E-state index is -4.78. The van der Waals surface area contributed by atoms with Gasteiger partial charge in [0, 0.05) is 6.54 Å². The number of alkyl halides is 3. The van der Waals surface area contributed by atoms with Crippen molar-refractivity contribution < 1.29 is 27.9 Å². The zero-order valence-electron chi connectivity index (χ0n) is 8.94. The first kappa shape index (κ1) is 12.5. The van der Waals surface area contributed by atoms with Crippen molar-refractivity contribution in [1.82, 2.24) is 10.4 Å². The molecular formula is C10H9F3N2O3. The number of halogens is 3. The van der Waals surface area contributed by atoms with Crippen LogP contribution in [0.1, 0.15) is 11.6 Å². The maximum absolute atomic E-state index is 12.0. The molecule has 2 rings (SSSR count). The van der Waals surface area contributed by atoms with Crippen molar-refractivity contribution in [1.29, 1.82) is 0 Å². The van der Waals surface area contributed by atoms with E-state index >= 15 is 0 Å². The Balaban J connectivity index is 2.20. The summed E-state index contributed by atoms with van der Waals surface area (Å²) in [6.45, 7) is 0.116. The SMILES string of the molecule is O=C1NCC(c2cccc(OC(F)(F)F)c2)N1O. The zero-order valence-corrected chi connectivity index (χ0v) is 8.94. The second kappa shape index (κ2) is 4.37. The van der Waals surface area contributed by atoms with Crippen LogP contribution in [0.2, 0.25) is 0 Å². The monoisotopic (exact) mass is 262 g/mol. The molecule has 18 heavy (non-hydrogen) atoms. The molecule has 1 aromatic carbocycles. The number of amides is 2. The average Bonchev–Trinajstić information content (AvgIpc) is 2.58. The molecule has 0 saturated carbocycles. The summed E-state index contributed by atoms with van der Waals surface area (Å²) in [5.41, 5.74) is 0.345. The van der Waals surface area contributed by atoms with E-state index in [1.54, 1.807) is 0 Å². The van der Waals surface area contributed by atoms with Gasteiger partial charge in [-0.1, -0.05) is 12.1 Å². The fourth-order valence-corrected chi connectivity index (χ4v) is 1.67. The third kappa shape index (κ3) is 2.65. The van der Waals surface area contributed by atoms with Crippen molar-refractivity contribution in [2.24, 2.45) is 0 Å². The normalized spacial score (nSPS) is 19.9. The van der Waals surface area contributed by atoms with Crippen LogP contribution in [0.4, 0.5) is 18.0 Å². The Hall–Kier alpha value is -1.96. The molecule has 1 fully saturated rings. The van der Waals surface area contributed by atoms with Crippen molar-refractivity contribution in [2.75, 3.05) is 6.54 Å². The van der Waals surface area contributed by atoms with E-state index in [2.05, 4.69) is 10.1 Å². The molecule has 2 amide bonds. The van der Waals surface area contributed by atoms with E-state index in [1.807, 2.05) is 0 Å². The first-order valence-electron chi connectivity index (χ1n) is 4.98. The largest absolute Gasteiger partial charge is 0.573 e. The van der Waals surface area contributed by atoms with Crippen LogP contribution in [0.25, 0.3) is 0 Å². The van der Waals surface area contributed by atoms with Crippen LogP contribution >= 0.6 is 0 Å². The van der Waals surface area contributed by atoms with Crippen LogP contribution < -0.4 is 10.1 Å². The van der Waals surface area contributed by atoms with Crippen molar-refractivity contribution >= 4 is 6.03 Å². The summed E-state index contributed by atoms with van der Waals surface area (Å²) < 4.78 is 39.9. The van der Waals surface area contributed by atoms with Crippen molar-refractivity contribution in [3.8, 4) is 5.75 Å². The number of benzene rings is 1. The molecule has 1 heterocycles. The molecule has 1 aliphatic heterocycles. The van der Waals surface area contributed by atoms with Crippen molar-refractivity contribution in [3.63, 3.8) is 0 Å². The Morgan fingerprint density at radius 3 is 2.72 bits per heavy atom. The summed E-state index contributed by atoms with van der Waals surface area (Å²) in [5, 5.41) is 12.2. The van der Waals surface area contributed by atoms with E-state index in [4.69, 9.17) is 0 Å². The second-order valence-corrected chi connectivity index (χ2v) is 3.67. The Morgan fingerprint density at radius 2 is 2.17 bits per heavy atom. The molecule has 2 N–H and O–H groups in total. The number of hydrogen-bond acceptors (Lipinski definition) is 3. The Morgan fingerprint density at radius 1 is 1.44 bits per heavy atom. The van der Waals surface area contributed by atoms with E-state index in [9.17, 15) is 23.2 Å². The minimum absolute atomic E-state index is 0.116. The molecule has 5 nitrogen and oxygen atoms in total. The lowest BCUT2D eigenvalue weighted by molar-refractivity contribution is -0.274. The van der Waals surface area contributed by atoms with Gasteiger partial charge in [-0.25, -0.2) is 4.79 Å². The number of nitrogens with zero attached hydrogens (tertiary/aromatic N) is 1. The van der Waals surface area contributed by atoms with Gasteiger partial charge in [0.15, 0.2) is 0 Å². The summed E-state index contributed by atoms with van der Waals surface area (Å²) >= 11 is 0. The van der Waals surface area contributed by atoms with E-state index < -0.39 is 24.2 Å². The number of rotatable bonds is 2. The van der Waals surface area contributed by atoms with Gasteiger partial charge in [-0.2, -0.15) is 5.06 Å². The highest BCUT2D eigenvalue weighted by atomic mass is 19.4. The number of urea groups is 1. The Kier molecular flexibility index (Phi) is 3.04. The number of ether oxygens (including phenoxy) is 1. The van der Waals surface area contributed by atoms with Gasteiger partial charge in [0.1, 0.15) is 11.8 Å². The molecule has 0 spiro atoms. The van der Waals surface area contributed by atoms with Crippen LogP contribution in [0.5, 0.6) is 5.75 Å². The standard InChI is InChI=1S/C10H9F3N2O3/c11-10(12,13)18-7-3-1-2-6(4-7)8-5-14-9(16)15(8)17/h1-4,8,17H,5H2,(H,14,16). The molecule has 0 radical (unpaired) electrons. The summed E-state index contributed by atoms with van der Waals surface area (Å²) in [6.07, 6.45) is -4.78. The van der Waals surface area contributed by atoms with E-state index in [-0.39, 0.29) is 6.54 Å². The number of nitrogens with one attached hydrogen (secondary N) is 1. The van der Waals surface area contributed by atoms with E-state index in [0.29, 0.717) is 10.6 Å². The molecule has 98 valence electrons. The average molecular weight is 262 g/mol. The van der Waals surface area contributed by atoms with Gasteiger partial charge in [0.05, 0.1) is 0 Å². The summed E-state index contributed by atoms with van der Waals surface area (Å²) in [4.78, 5) is 11.0. The number of hydroxylamine groups is 2. The fourth-order valence-electron chi connectivity index (χ4n) is 1.67. The minimum Gasteiger partial charge on any atom is -0.406 e. The van der Waals surface area contributed by atoms with Gasteiger partial charge in [-0.05, 0) is 17.7 Å². The summed E-state index contributed by atoms with van der Waals surface area (Å²) in [5.74, 6) is -0.396. The van der Waals surface area contributed by atoms with Crippen molar-refractivity contribution in [2.45, 2.75) is 12.4 Å². The number of carbonyl (C=O) groups excluding carboxylic acids is 1. The highest BCUT2D eigenvalue weighted by Gasteiger charge is 2.33. The number of carbonyl (C=O) groups is 1. The fraction of sp³-hybridized carbons (Fsp3) is 0.300. The van der Waals surface area contributed by atoms with Crippen molar-refractivity contribution in [3.05, 3.63) is 29.8 Å². The van der Waals surface area contributed by atoms with Crippen LogP contribution in [-0.4, -0.2) is 29.2 Å². The van der Waals surface area contributed by atoms with Crippen LogP contribution in [0.3, 0.4) is 0 Å². The third-order valence-electron chi connectivity index (χ3n) is 2.43. The molecule has 1 atom stereocenters. The zero-order chi connectivity index (χ0) is 13.3. The lowest BCUT2D eigenvalue weighted by atomic mass is 10.1. The molecular weight excluding hydrogens is 253 g/mol. The molecule has 1 saturated heterocycles. The Labute approximate surface area is 99.7 Å². The maximum atomic E-state index is 12.0. The van der Waals surface area contributed by atoms with Gasteiger partial charge in [-0.15, -0.1) is 13.2 Å². The number of hydrogen-bond donors (Lipinski definition) is 2. The summed E-state index contributed by atoms with van der Waals surface area (Å²) in [7, 11) is 0. The van der Waals surface area contributed by atoms with Crippen LogP contribution in [0.15, 0.2) is 24.3 Å². The predicted molar refractivity (Wildman–Crippen MR) is 52.9 cm³/mol. The molecule has 1 aliphatic rings. The second-order valence-electron chi connectivity index (χ2n) is 3.67. The molecule has 0 aliphatic carbocycles. The lowest BCUT2D eigenvalue weighted by Crippen LogP contribution is -2.26. The Bertz CT molecular complexity index is 464. The van der Waals surface area contributed by atoms with Gasteiger partial charge >= 0.3 is 12.4 Å². The van der Waals surface area contributed by atoms with E-state index in [0.717, 1.165) is 12.1 Å². The summed E-state index contributed by atoms with van der Waals surface area (Å²) in [6, 6.07) is 3.70. The molecule has 0 bridgehead atoms. The first-order chi connectivity index (χ1) is 8.37. The lowest BCUT2D eigenvalue weighted by Gasteiger charge is -2.17. The maximum Gasteiger partial charge on any atom is 0.573 e. The topological polar surface area (TPSA) is 61.8 Å². The molecule has 1 aromatic rings. The van der Waals surface area contributed by atoms with Crippen LogP contribution in [0, 0.1) is 0 Å². The van der Waals surface area contributed by atoms with Gasteiger partial charge in [0.2, 0.25) is 0 Å². The third-order valence-corrected chi connectivity index (χ3v) is 2.43. The molecule has 8 heteroatoms. The predicted octanol–water partition coefficient (Wildman–Crippen LogP) is 2.04. The smallest absolute Gasteiger partial charge is 0.406 e. The van der Waals surface area contributed by atoms with Gasteiger partial charge in [-0.3, -0.25) is 5.21 Å². The molecule has 0 aromatic heterocycles. The molecule has 1 unspecified atom stereocenters.